The second-order valence-electron chi connectivity index (χ2n) is 8.69. The third-order valence-electron chi connectivity index (χ3n) is 6.40. The van der Waals surface area contributed by atoms with E-state index in [0.717, 1.165) is 106 Å². The van der Waals surface area contributed by atoms with Gasteiger partial charge in [0, 0.05) is 18.4 Å². The number of unbranched alkanes of at least 4 members (excludes halogenated alkanes) is 3. The maximum absolute atomic E-state index is 12.4. The first-order valence-corrected chi connectivity index (χ1v) is 11.9. The van der Waals surface area contributed by atoms with Gasteiger partial charge in [0.1, 0.15) is 11.5 Å². The molecule has 5 heteroatoms. The minimum absolute atomic E-state index is 0.165. The summed E-state index contributed by atoms with van der Waals surface area (Å²) in [5.74, 6) is 1.90. The van der Waals surface area contributed by atoms with Crippen LogP contribution in [-0.4, -0.2) is 32.5 Å². The summed E-state index contributed by atoms with van der Waals surface area (Å²) in [4.78, 5) is 0. The van der Waals surface area contributed by atoms with Crippen LogP contribution < -0.4 is 9.47 Å². The van der Waals surface area contributed by atoms with Crippen molar-refractivity contribution in [3.63, 3.8) is 0 Å². The molecule has 4 nitrogen and oxygen atoms in total. The topological polar surface area (TPSA) is 36.9 Å². The summed E-state index contributed by atoms with van der Waals surface area (Å²) in [6.45, 7) is 7.67. The third kappa shape index (κ3) is 6.10. The summed E-state index contributed by atoms with van der Waals surface area (Å²) in [5.41, 5.74) is 4.59. The molecule has 0 bridgehead atoms. The fourth-order valence-electron chi connectivity index (χ4n) is 4.41. The van der Waals surface area contributed by atoms with Gasteiger partial charge in [-0.2, -0.15) is 0 Å². The van der Waals surface area contributed by atoms with Crippen LogP contribution in [0.4, 0.5) is 4.39 Å². The Morgan fingerprint density at radius 3 is 1.87 bits per heavy atom. The molecule has 2 fully saturated rings. The number of halogens is 1. The van der Waals surface area contributed by atoms with Gasteiger partial charge in [0.05, 0.1) is 19.9 Å². The van der Waals surface area contributed by atoms with Gasteiger partial charge in [-0.05, 0) is 82.4 Å². The predicted molar refractivity (Wildman–Crippen MR) is 117 cm³/mol. The van der Waals surface area contributed by atoms with Gasteiger partial charge in [-0.25, -0.2) is 0 Å². The van der Waals surface area contributed by atoms with Gasteiger partial charge in [-0.15, -0.1) is 0 Å². The van der Waals surface area contributed by atoms with Crippen LogP contribution in [0.3, 0.4) is 0 Å². The lowest BCUT2D eigenvalue weighted by molar-refractivity contribution is -0.108. The molecule has 0 aliphatic carbocycles. The average Bonchev–Trinajstić information content (AvgIpc) is 2.78. The highest BCUT2D eigenvalue weighted by molar-refractivity contribution is 5.58. The zero-order valence-electron chi connectivity index (χ0n) is 19.1. The summed E-state index contributed by atoms with van der Waals surface area (Å²) < 4.78 is 37.0. The molecular weight excluding hydrogens is 383 g/mol. The van der Waals surface area contributed by atoms with Crippen molar-refractivity contribution in [1.29, 1.82) is 0 Å². The molecule has 2 aliphatic heterocycles. The Labute approximate surface area is 181 Å². The van der Waals surface area contributed by atoms with Crippen molar-refractivity contribution < 1.29 is 23.3 Å². The van der Waals surface area contributed by atoms with Crippen LogP contribution in [0, 0.1) is 20.8 Å². The summed E-state index contributed by atoms with van der Waals surface area (Å²) in [6.07, 6.45) is 10.6. The molecule has 2 saturated heterocycles. The molecule has 2 heterocycles. The number of hydrogen-bond donors (Lipinski definition) is 0. The molecule has 0 amide bonds. The fourth-order valence-corrected chi connectivity index (χ4v) is 4.41. The van der Waals surface area contributed by atoms with Crippen LogP contribution in [0.2, 0.25) is 0 Å². The van der Waals surface area contributed by atoms with E-state index < -0.39 is 0 Å². The summed E-state index contributed by atoms with van der Waals surface area (Å²) in [7, 11) is 0. The molecule has 2 aliphatic rings. The van der Waals surface area contributed by atoms with E-state index in [1.165, 1.54) is 5.56 Å². The fraction of sp³-hybridized carbons (Fsp3) is 0.760. The standard InChI is InChI=1S/C25H39FO4/c1-18-19(2)25(30-23-14-8-11-17-28-23)21(12-6-4-5-9-15-26)20(3)24(18)29-22-13-7-10-16-27-22/h22-23H,4-17H2,1-3H3. The van der Waals surface area contributed by atoms with E-state index in [2.05, 4.69) is 20.8 Å². The third-order valence-corrected chi connectivity index (χ3v) is 6.40. The van der Waals surface area contributed by atoms with E-state index in [1.54, 1.807) is 0 Å². The summed E-state index contributed by atoms with van der Waals surface area (Å²) in [5, 5.41) is 0. The second-order valence-corrected chi connectivity index (χ2v) is 8.69. The van der Waals surface area contributed by atoms with Crippen molar-refractivity contribution in [2.45, 2.75) is 104 Å². The van der Waals surface area contributed by atoms with Gasteiger partial charge < -0.3 is 18.9 Å². The monoisotopic (exact) mass is 422 g/mol. The molecular formula is C25H39FO4. The lowest BCUT2D eigenvalue weighted by atomic mass is 9.93. The first kappa shape index (κ1) is 23.3. The Balaban J connectivity index is 1.84. The van der Waals surface area contributed by atoms with E-state index in [0.29, 0.717) is 6.42 Å². The SMILES string of the molecule is Cc1c(C)c(OC2CCCCO2)c(CCCCCCF)c(C)c1OC1CCCCO1. The van der Waals surface area contributed by atoms with Gasteiger partial charge >= 0.3 is 0 Å². The quantitative estimate of drug-likeness (QED) is 0.404. The van der Waals surface area contributed by atoms with Gasteiger partial charge in [0.2, 0.25) is 0 Å². The number of benzene rings is 1. The van der Waals surface area contributed by atoms with Crippen molar-refractivity contribution in [2.75, 3.05) is 19.9 Å². The van der Waals surface area contributed by atoms with Crippen LogP contribution in [0.5, 0.6) is 11.5 Å². The van der Waals surface area contributed by atoms with Crippen molar-refractivity contribution >= 4 is 0 Å². The smallest absolute Gasteiger partial charge is 0.199 e. The van der Waals surface area contributed by atoms with Crippen molar-refractivity contribution in [2.24, 2.45) is 0 Å². The van der Waals surface area contributed by atoms with Gasteiger partial charge in [0.15, 0.2) is 12.6 Å². The zero-order valence-corrected chi connectivity index (χ0v) is 19.1. The number of hydrogen-bond acceptors (Lipinski definition) is 4. The Hall–Kier alpha value is -1.33. The van der Waals surface area contributed by atoms with Gasteiger partial charge in [-0.1, -0.05) is 12.8 Å². The average molecular weight is 423 g/mol. The Bertz CT molecular complexity index is 664. The molecule has 2 atom stereocenters. The van der Waals surface area contributed by atoms with E-state index in [1.807, 2.05) is 0 Å². The lowest BCUT2D eigenvalue weighted by Gasteiger charge is -2.30. The predicted octanol–water partition coefficient (Wildman–Crippen LogP) is 6.50. The van der Waals surface area contributed by atoms with E-state index in [-0.39, 0.29) is 19.3 Å². The Morgan fingerprint density at radius 2 is 1.30 bits per heavy atom. The van der Waals surface area contributed by atoms with Crippen molar-refractivity contribution in [3.05, 3.63) is 22.3 Å². The molecule has 0 radical (unpaired) electrons. The molecule has 1 aromatic carbocycles. The highest BCUT2D eigenvalue weighted by Crippen LogP contribution is 2.40. The molecule has 0 aromatic heterocycles. The molecule has 1 aromatic rings. The van der Waals surface area contributed by atoms with Crippen LogP contribution >= 0.6 is 0 Å². The normalized spacial score (nSPS) is 22.1. The van der Waals surface area contributed by atoms with Crippen LogP contribution in [0.1, 0.15) is 86.5 Å². The van der Waals surface area contributed by atoms with Crippen LogP contribution in [-0.2, 0) is 15.9 Å². The minimum atomic E-state index is -0.227. The molecule has 30 heavy (non-hydrogen) atoms. The zero-order chi connectivity index (χ0) is 21.3. The number of rotatable bonds is 10. The van der Waals surface area contributed by atoms with Crippen molar-refractivity contribution in [1.82, 2.24) is 0 Å². The number of ether oxygens (including phenoxy) is 4. The largest absolute Gasteiger partial charge is 0.464 e. The first-order valence-electron chi connectivity index (χ1n) is 11.9. The van der Waals surface area contributed by atoms with Gasteiger partial charge in [0.25, 0.3) is 0 Å². The Kier molecular flexibility index (Phi) is 9.26. The summed E-state index contributed by atoms with van der Waals surface area (Å²) >= 11 is 0. The van der Waals surface area contributed by atoms with E-state index >= 15 is 0 Å². The van der Waals surface area contributed by atoms with E-state index in [9.17, 15) is 4.39 Å². The highest BCUT2D eigenvalue weighted by atomic mass is 19.1. The maximum Gasteiger partial charge on any atom is 0.199 e. The molecule has 0 N–H and O–H groups in total. The minimum Gasteiger partial charge on any atom is -0.464 e. The molecule has 0 saturated carbocycles. The van der Waals surface area contributed by atoms with Crippen molar-refractivity contribution in [3.8, 4) is 11.5 Å². The molecule has 0 spiro atoms. The maximum atomic E-state index is 12.4. The molecule has 2 unspecified atom stereocenters. The van der Waals surface area contributed by atoms with Gasteiger partial charge in [-0.3, -0.25) is 4.39 Å². The number of alkyl halides is 1. The Morgan fingerprint density at radius 1 is 0.733 bits per heavy atom. The van der Waals surface area contributed by atoms with E-state index in [4.69, 9.17) is 18.9 Å². The lowest BCUT2D eigenvalue weighted by Crippen LogP contribution is -2.27. The molecule has 3 rings (SSSR count). The van der Waals surface area contributed by atoms with Crippen LogP contribution in [0.25, 0.3) is 0 Å². The first-order chi connectivity index (χ1) is 14.6. The molecule has 170 valence electrons. The second kappa shape index (κ2) is 11.9. The van der Waals surface area contributed by atoms with Crippen LogP contribution in [0.15, 0.2) is 0 Å². The summed E-state index contributed by atoms with van der Waals surface area (Å²) in [6, 6.07) is 0. The highest BCUT2D eigenvalue weighted by Gasteiger charge is 2.25.